The van der Waals surface area contributed by atoms with E-state index in [1.807, 2.05) is 19.1 Å². The lowest BCUT2D eigenvalue weighted by molar-refractivity contribution is 0.160. The van der Waals surface area contributed by atoms with Gasteiger partial charge in [-0.05, 0) is 37.0 Å². The summed E-state index contributed by atoms with van der Waals surface area (Å²) in [5.74, 6) is 0.817. The number of nitrogen functional groups attached to an aromatic ring is 1. The van der Waals surface area contributed by atoms with Gasteiger partial charge in [0.05, 0.1) is 25.5 Å². The third-order valence-corrected chi connectivity index (χ3v) is 6.04. The van der Waals surface area contributed by atoms with Crippen LogP contribution < -0.4 is 19.9 Å². The molecule has 0 aromatic heterocycles. The van der Waals surface area contributed by atoms with Crippen molar-refractivity contribution < 1.29 is 27.7 Å². The Bertz CT molecular complexity index is 957. The summed E-state index contributed by atoms with van der Waals surface area (Å²) in [6.45, 7) is 2.37. The van der Waals surface area contributed by atoms with Crippen LogP contribution in [0.15, 0.2) is 35.2 Å². The molecule has 0 fully saturated rings. The molecule has 1 aliphatic heterocycles. The number of aryl methyl sites for hydroxylation is 1. The average Bonchev–Trinajstić information content (AvgIpc) is 2.97. The molecule has 0 spiro atoms. The predicted octanol–water partition coefficient (Wildman–Crippen LogP) is 2.86. The number of aliphatic hydroxyl groups is 1. The van der Waals surface area contributed by atoms with Crippen LogP contribution in [0.4, 0.5) is 5.69 Å². The molecule has 0 aliphatic carbocycles. The fraction of sp³-hybridized carbons (Fsp3) is 0.400. The zero-order valence-electron chi connectivity index (χ0n) is 16.0. The van der Waals surface area contributed by atoms with E-state index in [0.717, 1.165) is 12.0 Å². The molecule has 28 heavy (non-hydrogen) atoms. The molecule has 2 aromatic carbocycles. The first kappa shape index (κ1) is 20.3. The zero-order valence-corrected chi connectivity index (χ0v) is 16.8. The number of aliphatic hydroxyl groups excluding tert-OH is 1. The maximum absolute atomic E-state index is 12.1. The van der Waals surface area contributed by atoms with Crippen molar-refractivity contribution in [3.8, 4) is 17.2 Å². The summed E-state index contributed by atoms with van der Waals surface area (Å²) in [4.78, 5) is 0.104. The first-order chi connectivity index (χ1) is 13.4. The Kier molecular flexibility index (Phi) is 6.00. The van der Waals surface area contributed by atoms with Crippen LogP contribution >= 0.6 is 0 Å². The summed E-state index contributed by atoms with van der Waals surface area (Å²) in [6.07, 6.45) is 0.804. The molecule has 0 amide bonds. The molecule has 0 saturated carbocycles. The fourth-order valence-corrected chi connectivity index (χ4v) is 4.33. The SMILES string of the molecule is CCCOc1cc2c(cc1C(O)CCc1cccc(N)c1OC)OCS2(=O)=O. The predicted molar refractivity (Wildman–Crippen MR) is 106 cm³/mol. The Labute approximate surface area is 165 Å². The number of rotatable bonds is 8. The van der Waals surface area contributed by atoms with Crippen LogP contribution in [-0.2, 0) is 16.3 Å². The van der Waals surface area contributed by atoms with E-state index in [4.69, 9.17) is 19.9 Å². The highest BCUT2D eigenvalue weighted by Crippen LogP contribution is 2.40. The Hall–Kier alpha value is -2.45. The lowest BCUT2D eigenvalue weighted by atomic mass is 9.99. The molecular weight excluding hydrogens is 382 g/mol. The van der Waals surface area contributed by atoms with E-state index in [2.05, 4.69) is 0 Å². The van der Waals surface area contributed by atoms with Crippen LogP contribution in [0.5, 0.6) is 17.2 Å². The van der Waals surface area contributed by atoms with Crippen molar-refractivity contribution in [3.05, 3.63) is 41.5 Å². The van der Waals surface area contributed by atoms with Crippen LogP contribution in [-0.4, -0.2) is 33.2 Å². The molecular formula is C20H25NO6S. The number of methoxy groups -OCH3 is 1. The number of nitrogens with two attached hydrogens (primary N) is 1. The first-order valence-electron chi connectivity index (χ1n) is 9.13. The largest absolute Gasteiger partial charge is 0.494 e. The number of ether oxygens (including phenoxy) is 3. The molecule has 3 N–H and O–H groups in total. The van der Waals surface area contributed by atoms with Crippen LogP contribution in [0, 0.1) is 0 Å². The zero-order chi connectivity index (χ0) is 20.3. The molecule has 1 unspecified atom stereocenters. The van der Waals surface area contributed by atoms with Gasteiger partial charge in [-0.3, -0.25) is 0 Å². The molecule has 8 heteroatoms. The maximum Gasteiger partial charge on any atom is 0.217 e. The average molecular weight is 407 g/mol. The third-order valence-electron chi connectivity index (χ3n) is 4.62. The van der Waals surface area contributed by atoms with Crippen molar-refractivity contribution in [2.75, 3.05) is 25.4 Å². The van der Waals surface area contributed by atoms with Crippen molar-refractivity contribution in [2.45, 2.75) is 37.2 Å². The van der Waals surface area contributed by atoms with Gasteiger partial charge in [-0.1, -0.05) is 19.1 Å². The highest BCUT2D eigenvalue weighted by atomic mass is 32.2. The fourth-order valence-electron chi connectivity index (χ4n) is 3.21. The van der Waals surface area contributed by atoms with Crippen LogP contribution in [0.2, 0.25) is 0 Å². The van der Waals surface area contributed by atoms with Gasteiger partial charge in [0.25, 0.3) is 0 Å². The molecule has 0 radical (unpaired) electrons. The molecule has 7 nitrogen and oxygen atoms in total. The molecule has 152 valence electrons. The summed E-state index contributed by atoms with van der Waals surface area (Å²) in [7, 11) is -1.92. The number of fused-ring (bicyclic) bond motifs is 1. The molecule has 0 saturated heterocycles. The second kappa shape index (κ2) is 8.28. The summed E-state index contributed by atoms with van der Waals surface area (Å²) >= 11 is 0. The Balaban J connectivity index is 1.87. The van der Waals surface area contributed by atoms with Crippen molar-refractivity contribution in [2.24, 2.45) is 0 Å². The van der Waals surface area contributed by atoms with Gasteiger partial charge in [0.15, 0.2) is 5.94 Å². The normalized spacial score (nSPS) is 15.5. The van der Waals surface area contributed by atoms with E-state index < -0.39 is 21.9 Å². The van der Waals surface area contributed by atoms with Crippen LogP contribution in [0.1, 0.15) is 37.0 Å². The van der Waals surface area contributed by atoms with Gasteiger partial charge in [0.1, 0.15) is 22.1 Å². The van der Waals surface area contributed by atoms with Crippen molar-refractivity contribution >= 4 is 15.5 Å². The topological polar surface area (TPSA) is 108 Å². The van der Waals surface area contributed by atoms with Crippen molar-refractivity contribution in [1.29, 1.82) is 0 Å². The first-order valence-corrected chi connectivity index (χ1v) is 10.8. The van der Waals surface area contributed by atoms with E-state index in [1.165, 1.54) is 6.07 Å². The van der Waals surface area contributed by atoms with Gasteiger partial charge < -0.3 is 25.1 Å². The maximum atomic E-state index is 12.1. The van der Waals surface area contributed by atoms with Gasteiger partial charge >= 0.3 is 0 Å². The Morgan fingerprint density at radius 1 is 1.32 bits per heavy atom. The van der Waals surface area contributed by atoms with Gasteiger partial charge in [-0.2, -0.15) is 0 Å². The monoisotopic (exact) mass is 407 g/mol. The molecule has 1 heterocycles. The molecule has 1 atom stereocenters. The van der Waals surface area contributed by atoms with E-state index in [-0.39, 0.29) is 10.6 Å². The second-order valence-electron chi connectivity index (χ2n) is 6.66. The van der Waals surface area contributed by atoms with Crippen molar-refractivity contribution in [1.82, 2.24) is 0 Å². The minimum atomic E-state index is -3.48. The number of sulfone groups is 1. The molecule has 1 aliphatic rings. The van der Waals surface area contributed by atoms with Crippen molar-refractivity contribution in [3.63, 3.8) is 0 Å². The van der Waals surface area contributed by atoms with Gasteiger partial charge in [0.2, 0.25) is 9.84 Å². The van der Waals surface area contributed by atoms with Crippen LogP contribution in [0.3, 0.4) is 0 Å². The molecule has 3 rings (SSSR count). The second-order valence-corrected chi connectivity index (χ2v) is 8.56. The molecule has 0 bridgehead atoms. The smallest absolute Gasteiger partial charge is 0.217 e. The summed E-state index contributed by atoms with van der Waals surface area (Å²) in [6, 6.07) is 8.51. The standard InChI is InChI=1S/C20H25NO6S/c1-3-9-26-17-11-19-18(27-12-28(19,23)24)10-14(17)16(22)8-7-13-5-4-6-15(21)20(13)25-2/h4-6,10-11,16,22H,3,7-9,12,21H2,1-2H3. The quantitative estimate of drug-likeness (QED) is 0.648. The van der Waals surface area contributed by atoms with E-state index in [9.17, 15) is 13.5 Å². The Morgan fingerprint density at radius 2 is 2.11 bits per heavy atom. The Morgan fingerprint density at radius 3 is 2.82 bits per heavy atom. The molecule has 2 aromatic rings. The number of benzene rings is 2. The highest BCUT2D eigenvalue weighted by Gasteiger charge is 2.31. The van der Waals surface area contributed by atoms with E-state index in [1.54, 1.807) is 19.2 Å². The van der Waals surface area contributed by atoms with Crippen LogP contribution in [0.25, 0.3) is 0 Å². The van der Waals surface area contributed by atoms with Gasteiger partial charge in [-0.15, -0.1) is 0 Å². The number of anilines is 1. The number of hydrogen-bond donors (Lipinski definition) is 2. The summed E-state index contributed by atoms with van der Waals surface area (Å²) < 4.78 is 40.6. The lowest BCUT2D eigenvalue weighted by Gasteiger charge is -2.18. The minimum absolute atomic E-state index is 0.104. The summed E-state index contributed by atoms with van der Waals surface area (Å²) in [5.41, 5.74) is 7.87. The number of para-hydroxylation sites is 1. The minimum Gasteiger partial charge on any atom is -0.494 e. The van der Waals surface area contributed by atoms with E-state index in [0.29, 0.717) is 42.2 Å². The van der Waals surface area contributed by atoms with Gasteiger partial charge in [-0.25, -0.2) is 8.42 Å². The third kappa shape index (κ3) is 4.02. The summed E-state index contributed by atoms with van der Waals surface area (Å²) in [5, 5.41) is 10.8. The number of hydrogen-bond acceptors (Lipinski definition) is 7. The van der Waals surface area contributed by atoms with Gasteiger partial charge in [0, 0.05) is 11.6 Å². The van der Waals surface area contributed by atoms with E-state index >= 15 is 0 Å². The highest BCUT2D eigenvalue weighted by molar-refractivity contribution is 7.91. The lowest BCUT2D eigenvalue weighted by Crippen LogP contribution is -2.07.